The van der Waals surface area contributed by atoms with Crippen molar-refractivity contribution in [3.05, 3.63) is 28.8 Å². The minimum absolute atomic E-state index is 0.0803. The summed E-state index contributed by atoms with van der Waals surface area (Å²) in [7, 11) is 0. The summed E-state index contributed by atoms with van der Waals surface area (Å²) < 4.78 is 5.94. The van der Waals surface area contributed by atoms with Gasteiger partial charge in [0.1, 0.15) is 0 Å². The second kappa shape index (κ2) is 5.15. The Balaban J connectivity index is 1.42. The summed E-state index contributed by atoms with van der Waals surface area (Å²) in [6.45, 7) is 3.81. The van der Waals surface area contributed by atoms with Gasteiger partial charge >= 0.3 is 0 Å². The molecule has 5 rings (SSSR count). The van der Waals surface area contributed by atoms with E-state index in [4.69, 9.17) is 4.74 Å². The molecule has 8 heteroatoms. The van der Waals surface area contributed by atoms with Gasteiger partial charge in [0.05, 0.1) is 29.6 Å². The molecule has 0 saturated carbocycles. The van der Waals surface area contributed by atoms with Crippen LogP contribution in [0.3, 0.4) is 0 Å². The zero-order valence-electron chi connectivity index (χ0n) is 13.8. The maximum atomic E-state index is 13.0. The normalized spacial score (nSPS) is 27.9. The SMILES string of the molecule is Cc1ccc(-c2cc(C(=O)N3CC[C@@]45OCCN4C(=O)C[C@@H]35)n[nH]2)s1. The molecular formula is C17H18N4O3S. The molecule has 3 fully saturated rings. The Kier molecular flexibility index (Phi) is 3.11. The van der Waals surface area contributed by atoms with Gasteiger partial charge in [0, 0.05) is 24.4 Å². The van der Waals surface area contributed by atoms with Crippen LogP contribution in [0.5, 0.6) is 0 Å². The van der Waals surface area contributed by atoms with Crippen molar-refractivity contribution in [3.8, 4) is 10.6 Å². The van der Waals surface area contributed by atoms with E-state index < -0.39 is 5.72 Å². The Morgan fingerprint density at radius 3 is 3.12 bits per heavy atom. The van der Waals surface area contributed by atoms with Crippen molar-refractivity contribution < 1.29 is 14.3 Å². The molecule has 2 aromatic rings. The van der Waals surface area contributed by atoms with Crippen LogP contribution in [0.1, 0.15) is 28.2 Å². The van der Waals surface area contributed by atoms with E-state index in [2.05, 4.69) is 10.2 Å². The topological polar surface area (TPSA) is 78.5 Å². The van der Waals surface area contributed by atoms with Crippen LogP contribution >= 0.6 is 11.3 Å². The number of amides is 2. The standard InChI is InChI=1S/C17H18N4O3S/c1-10-2-3-13(25-10)11-8-12(19-18-11)16(23)20-5-4-17-14(20)9-15(22)21(17)6-7-24-17/h2-3,8,14H,4-7,9H2,1H3,(H,18,19)/t14-,17+/m1/s1. The number of carbonyl (C=O) groups is 2. The molecule has 3 aliphatic rings. The van der Waals surface area contributed by atoms with Crippen molar-refractivity contribution in [2.45, 2.75) is 31.5 Å². The third-order valence-corrected chi connectivity index (χ3v) is 6.50. The predicted octanol–water partition coefficient (Wildman–Crippen LogP) is 1.62. The minimum atomic E-state index is -0.600. The molecular weight excluding hydrogens is 340 g/mol. The van der Waals surface area contributed by atoms with Crippen LogP contribution in [-0.4, -0.2) is 63.3 Å². The Morgan fingerprint density at radius 1 is 1.44 bits per heavy atom. The van der Waals surface area contributed by atoms with Crippen molar-refractivity contribution >= 4 is 23.2 Å². The lowest BCUT2D eigenvalue weighted by atomic mass is 10.1. The fourth-order valence-corrected chi connectivity index (χ4v) is 5.15. The summed E-state index contributed by atoms with van der Waals surface area (Å²) in [6.07, 6.45) is 1.02. The van der Waals surface area contributed by atoms with Crippen molar-refractivity contribution in [2.75, 3.05) is 19.7 Å². The van der Waals surface area contributed by atoms with Gasteiger partial charge in [0.25, 0.3) is 5.91 Å². The van der Waals surface area contributed by atoms with Gasteiger partial charge in [-0.3, -0.25) is 14.7 Å². The molecule has 3 saturated heterocycles. The van der Waals surface area contributed by atoms with Crippen molar-refractivity contribution in [1.29, 1.82) is 0 Å². The van der Waals surface area contributed by atoms with E-state index in [-0.39, 0.29) is 17.9 Å². The average Bonchev–Trinajstić information content (AvgIpc) is 3.35. The molecule has 2 amide bonds. The molecule has 0 aliphatic carbocycles. The van der Waals surface area contributed by atoms with E-state index in [1.165, 1.54) is 4.88 Å². The van der Waals surface area contributed by atoms with E-state index in [9.17, 15) is 9.59 Å². The second-order valence-corrected chi connectivity index (χ2v) is 8.07. The van der Waals surface area contributed by atoms with Gasteiger partial charge in [-0.1, -0.05) is 0 Å². The number of nitrogens with zero attached hydrogens (tertiary/aromatic N) is 3. The van der Waals surface area contributed by atoms with Gasteiger partial charge < -0.3 is 14.5 Å². The number of hydrogen-bond donors (Lipinski definition) is 1. The lowest BCUT2D eigenvalue weighted by Crippen LogP contribution is -2.48. The molecule has 0 aromatic carbocycles. The molecule has 130 valence electrons. The number of rotatable bonds is 2. The molecule has 2 aromatic heterocycles. The molecule has 0 radical (unpaired) electrons. The highest BCUT2D eigenvalue weighted by molar-refractivity contribution is 7.15. The monoisotopic (exact) mass is 358 g/mol. The highest BCUT2D eigenvalue weighted by Gasteiger charge is 2.63. The Morgan fingerprint density at radius 2 is 2.32 bits per heavy atom. The van der Waals surface area contributed by atoms with Crippen LogP contribution in [0.4, 0.5) is 0 Å². The van der Waals surface area contributed by atoms with Gasteiger partial charge in [0.2, 0.25) is 5.91 Å². The van der Waals surface area contributed by atoms with E-state index in [1.54, 1.807) is 22.3 Å². The lowest BCUT2D eigenvalue weighted by molar-refractivity contribution is -0.136. The molecule has 1 N–H and O–H groups in total. The second-order valence-electron chi connectivity index (χ2n) is 6.78. The van der Waals surface area contributed by atoms with E-state index in [0.29, 0.717) is 38.2 Å². The molecule has 1 spiro atoms. The zero-order valence-corrected chi connectivity index (χ0v) is 14.6. The number of aromatic amines is 1. The molecule has 5 heterocycles. The van der Waals surface area contributed by atoms with Crippen LogP contribution in [0.25, 0.3) is 10.6 Å². The van der Waals surface area contributed by atoms with Crippen LogP contribution in [0.2, 0.25) is 0 Å². The first-order valence-electron chi connectivity index (χ1n) is 8.46. The number of carbonyl (C=O) groups excluding carboxylic acids is 2. The molecule has 0 unspecified atom stereocenters. The van der Waals surface area contributed by atoms with E-state index >= 15 is 0 Å². The first-order chi connectivity index (χ1) is 12.1. The summed E-state index contributed by atoms with van der Waals surface area (Å²) in [5.74, 6) is -0.0559. The van der Waals surface area contributed by atoms with Crippen LogP contribution in [0, 0.1) is 6.92 Å². The predicted molar refractivity (Wildman–Crippen MR) is 91.1 cm³/mol. The molecule has 2 atom stereocenters. The largest absolute Gasteiger partial charge is 0.351 e. The Hall–Kier alpha value is -2.19. The highest BCUT2D eigenvalue weighted by Crippen LogP contribution is 2.45. The van der Waals surface area contributed by atoms with E-state index in [1.807, 2.05) is 24.0 Å². The summed E-state index contributed by atoms with van der Waals surface area (Å²) in [5.41, 5.74) is 0.634. The molecule has 0 bridgehead atoms. The number of thiophene rings is 1. The van der Waals surface area contributed by atoms with Gasteiger partial charge in [-0.2, -0.15) is 5.10 Å². The van der Waals surface area contributed by atoms with Crippen LogP contribution < -0.4 is 0 Å². The maximum absolute atomic E-state index is 13.0. The quantitative estimate of drug-likeness (QED) is 0.885. The number of likely N-dealkylation sites (tertiary alicyclic amines) is 1. The van der Waals surface area contributed by atoms with Gasteiger partial charge in [-0.05, 0) is 25.1 Å². The fourth-order valence-electron chi connectivity index (χ4n) is 4.32. The summed E-state index contributed by atoms with van der Waals surface area (Å²) >= 11 is 1.66. The third-order valence-electron chi connectivity index (χ3n) is 5.46. The van der Waals surface area contributed by atoms with Crippen molar-refractivity contribution in [3.63, 3.8) is 0 Å². The highest BCUT2D eigenvalue weighted by atomic mass is 32.1. The molecule has 7 nitrogen and oxygen atoms in total. The van der Waals surface area contributed by atoms with Crippen molar-refractivity contribution in [2.24, 2.45) is 0 Å². The zero-order chi connectivity index (χ0) is 17.2. The van der Waals surface area contributed by atoms with Crippen molar-refractivity contribution in [1.82, 2.24) is 20.0 Å². The summed E-state index contributed by atoms with van der Waals surface area (Å²) in [6, 6.07) is 5.65. The number of hydrogen-bond acceptors (Lipinski definition) is 5. The number of nitrogens with one attached hydrogen (secondary N) is 1. The molecule has 25 heavy (non-hydrogen) atoms. The fraction of sp³-hybridized carbons (Fsp3) is 0.471. The number of aromatic nitrogens is 2. The minimum Gasteiger partial charge on any atom is -0.351 e. The van der Waals surface area contributed by atoms with Gasteiger partial charge in [0.15, 0.2) is 11.4 Å². The first kappa shape index (κ1) is 15.1. The number of ether oxygens (including phenoxy) is 1. The molecule has 3 aliphatic heterocycles. The van der Waals surface area contributed by atoms with Gasteiger partial charge in [-0.25, -0.2) is 0 Å². The van der Waals surface area contributed by atoms with Gasteiger partial charge in [-0.15, -0.1) is 11.3 Å². The Bertz CT molecular complexity index is 875. The lowest BCUT2D eigenvalue weighted by Gasteiger charge is -2.31. The smallest absolute Gasteiger partial charge is 0.274 e. The van der Waals surface area contributed by atoms with Crippen LogP contribution in [-0.2, 0) is 9.53 Å². The number of aryl methyl sites for hydroxylation is 1. The summed E-state index contributed by atoms with van der Waals surface area (Å²) in [5, 5.41) is 7.17. The van der Waals surface area contributed by atoms with Crippen LogP contribution in [0.15, 0.2) is 18.2 Å². The first-order valence-corrected chi connectivity index (χ1v) is 9.28. The number of H-pyrrole nitrogens is 1. The Labute approximate surface area is 148 Å². The summed E-state index contributed by atoms with van der Waals surface area (Å²) in [4.78, 5) is 31.1. The third kappa shape index (κ3) is 2.04. The maximum Gasteiger partial charge on any atom is 0.274 e. The average molecular weight is 358 g/mol. The van der Waals surface area contributed by atoms with E-state index in [0.717, 1.165) is 10.6 Å².